The SMILES string of the molecule is CCC(=O)c1ccc(N2CCCC3CCCCC32)cc1. The summed E-state index contributed by atoms with van der Waals surface area (Å²) >= 11 is 0. The summed E-state index contributed by atoms with van der Waals surface area (Å²) in [5.41, 5.74) is 2.17. The van der Waals surface area contributed by atoms with Crippen LogP contribution in [-0.4, -0.2) is 18.4 Å². The average Bonchev–Trinajstić information content (AvgIpc) is 2.54. The normalized spacial score (nSPS) is 26.1. The van der Waals surface area contributed by atoms with E-state index in [9.17, 15) is 4.79 Å². The summed E-state index contributed by atoms with van der Waals surface area (Å²) in [6, 6.07) is 9.06. The van der Waals surface area contributed by atoms with E-state index in [1.165, 1.54) is 50.8 Å². The molecule has 3 rings (SSSR count). The van der Waals surface area contributed by atoms with Crippen LogP contribution in [0.25, 0.3) is 0 Å². The minimum absolute atomic E-state index is 0.241. The number of Topliss-reactive ketones (excluding diaryl/α,β-unsaturated/α-hetero) is 1. The quantitative estimate of drug-likeness (QED) is 0.758. The van der Waals surface area contributed by atoms with E-state index in [4.69, 9.17) is 0 Å². The van der Waals surface area contributed by atoms with Gasteiger partial charge in [-0.05, 0) is 55.9 Å². The minimum Gasteiger partial charge on any atom is -0.368 e. The zero-order valence-electron chi connectivity index (χ0n) is 12.5. The van der Waals surface area contributed by atoms with Crippen molar-refractivity contribution in [3.05, 3.63) is 29.8 Å². The highest BCUT2D eigenvalue weighted by Crippen LogP contribution is 2.37. The van der Waals surface area contributed by atoms with Gasteiger partial charge in [-0.25, -0.2) is 0 Å². The lowest BCUT2D eigenvalue weighted by Gasteiger charge is -2.45. The van der Waals surface area contributed by atoms with Gasteiger partial charge in [-0.1, -0.05) is 19.8 Å². The Labute approximate surface area is 122 Å². The Hall–Kier alpha value is -1.31. The van der Waals surface area contributed by atoms with Gasteiger partial charge >= 0.3 is 0 Å². The van der Waals surface area contributed by atoms with Gasteiger partial charge in [-0.15, -0.1) is 0 Å². The number of piperidine rings is 1. The van der Waals surface area contributed by atoms with Gasteiger partial charge in [0, 0.05) is 30.3 Å². The standard InChI is InChI=1S/C18H25NO/c1-2-18(20)15-9-11-16(12-10-15)19-13-5-7-14-6-3-4-8-17(14)19/h9-12,14,17H,2-8,13H2,1H3. The van der Waals surface area contributed by atoms with Crippen molar-refractivity contribution in [2.45, 2.75) is 57.9 Å². The fourth-order valence-corrected chi connectivity index (χ4v) is 3.99. The summed E-state index contributed by atoms with van der Waals surface area (Å²) in [4.78, 5) is 14.3. The lowest BCUT2D eigenvalue weighted by Crippen LogP contribution is -2.46. The molecule has 2 aliphatic rings. The maximum atomic E-state index is 11.7. The molecule has 20 heavy (non-hydrogen) atoms. The van der Waals surface area contributed by atoms with Crippen molar-refractivity contribution < 1.29 is 4.79 Å². The highest BCUT2D eigenvalue weighted by atomic mass is 16.1. The molecule has 1 aromatic rings. The number of nitrogens with zero attached hydrogens (tertiary/aromatic N) is 1. The molecule has 1 aliphatic carbocycles. The number of hydrogen-bond acceptors (Lipinski definition) is 2. The van der Waals surface area contributed by atoms with Gasteiger partial charge in [0.25, 0.3) is 0 Å². The fraction of sp³-hybridized carbons (Fsp3) is 0.611. The van der Waals surface area contributed by atoms with Crippen molar-refractivity contribution >= 4 is 11.5 Å². The molecule has 2 atom stereocenters. The van der Waals surface area contributed by atoms with E-state index in [1.807, 2.05) is 19.1 Å². The van der Waals surface area contributed by atoms with Gasteiger partial charge in [0.2, 0.25) is 0 Å². The highest BCUT2D eigenvalue weighted by Gasteiger charge is 2.33. The first-order valence-corrected chi connectivity index (χ1v) is 8.19. The number of carbonyl (C=O) groups excluding carboxylic acids is 1. The molecule has 1 aliphatic heterocycles. The molecule has 1 aromatic carbocycles. The summed E-state index contributed by atoms with van der Waals surface area (Å²) in [7, 11) is 0. The monoisotopic (exact) mass is 271 g/mol. The third-order valence-electron chi connectivity index (χ3n) is 5.09. The van der Waals surface area contributed by atoms with E-state index in [1.54, 1.807) is 0 Å². The fourth-order valence-electron chi connectivity index (χ4n) is 3.99. The van der Waals surface area contributed by atoms with Gasteiger partial charge in [0.1, 0.15) is 0 Å². The molecule has 0 aromatic heterocycles. The molecule has 1 saturated carbocycles. The zero-order valence-corrected chi connectivity index (χ0v) is 12.5. The van der Waals surface area contributed by atoms with Crippen molar-refractivity contribution in [3.8, 4) is 0 Å². The Balaban J connectivity index is 1.78. The van der Waals surface area contributed by atoms with Gasteiger partial charge in [0.05, 0.1) is 0 Å². The van der Waals surface area contributed by atoms with Crippen LogP contribution >= 0.6 is 0 Å². The number of rotatable bonds is 3. The van der Waals surface area contributed by atoms with E-state index in [0.29, 0.717) is 6.42 Å². The Kier molecular flexibility index (Phi) is 4.09. The molecule has 2 heteroatoms. The van der Waals surface area contributed by atoms with Crippen LogP contribution in [0.1, 0.15) is 62.2 Å². The molecule has 0 amide bonds. The highest BCUT2D eigenvalue weighted by molar-refractivity contribution is 5.96. The van der Waals surface area contributed by atoms with Crippen molar-refractivity contribution in [2.75, 3.05) is 11.4 Å². The van der Waals surface area contributed by atoms with Crippen LogP contribution in [-0.2, 0) is 0 Å². The van der Waals surface area contributed by atoms with E-state index in [-0.39, 0.29) is 5.78 Å². The summed E-state index contributed by atoms with van der Waals surface area (Å²) in [5, 5.41) is 0. The molecular formula is C18H25NO. The molecule has 0 spiro atoms. The minimum atomic E-state index is 0.241. The van der Waals surface area contributed by atoms with E-state index in [2.05, 4.69) is 17.0 Å². The third-order valence-corrected chi connectivity index (χ3v) is 5.09. The van der Waals surface area contributed by atoms with Crippen LogP contribution in [0.3, 0.4) is 0 Å². The molecule has 2 nitrogen and oxygen atoms in total. The van der Waals surface area contributed by atoms with Crippen molar-refractivity contribution in [2.24, 2.45) is 5.92 Å². The Morgan fingerprint density at radius 2 is 1.80 bits per heavy atom. The van der Waals surface area contributed by atoms with Gasteiger partial charge in [-0.2, -0.15) is 0 Å². The van der Waals surface area contributed by atoms with Crippen LogP contribution in [0.2, 0.25) is 0 Å². The van der Waals surface area contributed by atoms with Crippen LogP contribution in [0.5, 0.6) is 0 Å². The predicted molar refractivity (Wildman–Crippen MR) is 83.4 cm³/mol. The molecule has 0 radical (unpaired) electrons. The smallest absolute Gasteiger partial charge is 0.162 e. The zero-order chi connectivity index (χ0) is 13.9. The molecular weight excluding hydrogens is 246 g/mol. The van der Waals surface area contributed by atoms with E-state index in [0.717, 1.165) is 17.5 Å². The Bertz CT molecular complexity index is 463. The van der Waals surface area contributed by atoms with Gasteiger partial charge in [0.15, 0.2) is 5.78 Å². The Morgan fingerprint density at radius 3 is 2.55 bits per heavy atom. The predicted octanol–water partition coefficient (Wildman–Crippen LogP) is 4.44. The Morgan fingerprint density at radius 1 is 1.10 bits per heavy atom. The lowest BCUT2D eigenvalue weighted by molar-refractivity contribution is 0.0988. The number of benzene rings is 1. The number of anilines is 1. The molecule has 1 heterocycles. The average molecular weight is 271 g/mol. The number of carbonyl (C=O) groups is 1. The van der Waals surface area contributed by atoms with Crippen molar-refractivity contribution in [3.63, 3.8) is 0 Å². The van der Waals surface area contributed by atoms with Crippen LogP contribution in [0.4, 0.5) is 5.69 Å². The van der Waals surface area contributed by atoms with Gasteiger partial charge in [-0.3, -0.25) is 4.79 Å². The van der Waals surface area contributed by atoms with Crippen LogP contribution in [0, 0.1) is 5.92 Å². The lowest BCUT2D eigenvalue weighted by atomic mass is 9.78. The summed E-state index contributed by atoms with van der Waals surface area (Å²) in [6.07, 6.45) is 8.87. The molecule has 2 fully saturated rings. The molecule has 0 N–H and O–H groups in total. The summed E-state index contributed by atoms with van der Waals surface area (Å²) in [5.74, 6) is 1.14. The largest absolute Gasteiger partial charge is 0.368 e. The molecule has 108 valence electrons. The first kappa shape index (κ1) is 13.7. The van der Waals surface area contributed by atoms with Crippen LogP contribution in [0.15, 0.2) is 24.3 Å². The first-order chi connectivity index (χ1) is 9.79. The maximum Gasteiger partial charge on any atom is 0.162 e. The van der Waals surface area contributed by atoms with Gasteiger partial charge < -0.3 is 4.90 Å². The molecule has 0 bridgehead atoms. The van der Waals surface area contributed by atoms with E-state index >= 15 is 0 Å². The number of fused-ring (bicyclic) bond motifs is 1. The summed E-state index contributed by atoms with van der Waals surface area (Å²) in [6.45, 7) is 3.11. The molecule has 1 saturated heterocycles. The number of hydrogen-bond donors (Lipinski definition) is 0. The maximum absolute atomic E-state index is 11.7. The second kappa shape index (κ2) is 5.99. The molecule has 2 unspecified atom stereocenters. The second-order valence-electron chi connectivity index (χ2n) is 6.27. The third kappa shape index (κ3) is 2.61. The number of ketones is 1. The van der Waals surface area contributed by atoms with Crippen LogP contribution < -0.4 is 4.90 Å². The summed E-state index contributed by atoms with van der Waals surface area (Å²) < 4.78 is 0. The van der Waals surface area contributed by atoms with Crippen molar-refractivity contribution in [1.29, 1.82) is 0 Å². The topological polar surface area (TPSA) is 20.3 Å². The first-order valence-electron chi connectivity index (χ1n) is 8.19. The van der Waals surface area contributed by atoms with E-state index < -0.39 is 0 Å². The second-order valence-corrected chi connectivity index (χ2v) is 6.27. The van der Waals surface area contributed by atoms with Crippen molar-refractivity contribution in [1.82, 2.24) is 0 Å².